The van der Waals surface area contributed by atoms with Crippen molar-refractivity contribution >= 4 is 6.29 Å². The second-order valence-electron chi connectivity index (χ2n) is 3.85. The Morgan fingerprint density at radius 3 is 2.80 bits per heavy atom. The summed E-state index contributed by atoms with van der Waals surface area (Å²) in [7, 11) is 0. The molecule has 0 aliphatic carbocycles. The number of carbonyl (C=O) groups is 1. The van der Waals surface area contributed by atoms with Gasteiger partial charge in [0.25, 0.3) is 0 Å². The summed E-state index contributed by atoms with van der Waals surface area (Å²) in [5, 5.41) is 3.32. The van der Waals surface area contributed by atoms with Crippen LogP contribution < -0.4 is 5.32 Å². The average molecular weight is 141 g/mol. The molecule has 0 saturated carbocycles. The van der Waals surface area contributed by atoms with Gasteiger partial charge in [-0.1, -0.05) is 13.8 Å². The molecule has 10 heavy (non-hydrogen) atoms. The summed E-state index contributed by atoms with van der Waals surface area (Å²) in [6.45, 7) is 5.50. The standard InChI is InChI=1S/C8H15NO/c1-8(2)5-7(3-4-10)9-6-8/h4,7,9H,3,5-6H2,1-2H3. The lowest BCUT2D eigenvalue weighted by molar-refractivity contribution is -0.108. The van der Waals surface area contributed by atoms with E-state index >= 15 is 0 Å². The third kappa shape index (κ3) is 1.81. The van der Waals surface area contributed by atoms with Gasteiger partial charge in [-0.2, -0.15) is 0 Å². The highest BCUT2D eigenvalue weighted by molar-refractivity contribution is 5.50. The van der Waals surface area contributed by atoms with E-state index in [0.29, 0.717) is 17.9 Å². The Labute approximate surface area is 62.0 Å². The molecule has 0 radical (unpaired) electrons. The first-order valence-electron chi connectivity index (χ1n) is 3.81. The molecule has 1 saturated heterocycles. The van der Waals surface area contributed by atoms with Crippen LogP contribution in [0.4, 0.5) is 0 Å². The lowest BCUT2D eigenvalue weighted by Gasteiger charge is -2.14. The monoisotopic (exact) mass is 141 g/mol. The molecule has 0 amide bonds. The molecule has 2 nitrogen and oxygen atoms in total. The minimum absolute atomic E-state index is 0.397. The van der Waals surface area contributed by atoms with Crippen LogP contribution in [-0.2, 0) is 4.79 Å². The Kier molecular flexibility index (Phi) is 2.09. The fourth-order valence-electron chi connectivity index (χ4n) is 1.51. The molecule has 0 aromatic rings. The van der Waals surface area contributed by atoms with E-state index in [2.05, 4.69) is 19.2 Å². The van der Waals surface area contributed by atoms with Gasteiger partial charge in [0, 0.05) is 19.0 Å². The Balaban J connectivity index is 2.35. The summed E-state index contributed by atoms with van der Waals surface area (Å²) in [5.74, 6) is 0. The fourth-order valence-corrected chi connectivity index (χ4v) is 1.51. The summed E-state index contributed by atoms with van der Waals surface area (Å²) in [6, 6.07) is 0.437. The topological polar surface area (TPSA) is 29.1 Å². The average Bonchev–Trinajstić information content (AvgIpc) is 2.12. The Morgan fingerprint density at radius 1 is 1.70 bits per heavy atom. The lowest BCUT2D eigenvalue weighted by atomic mass is 9.90. The molecular formula is C8H15NO. The SMILES string of the molecule is CC1(C)CNC(CC=O)C1. The number of hydrogen-bond acceptors (Lipinski definition) is 2. The van der Waals surface area contributed by atoms with Crippen molar-refractivity contribution in [1.29, 1.82) is 0 Å². The molecule has 0 bridgehead atoms. The molecule has 2 heteroatoms. The van der Waals surface area contributed by atoms with Gasteiger partial charge < -0.3 is 10.1 Å². The van der Waals surface area contributed by atoms with Gasteiger partial charge in [0.15, 0.2) is 0 Å². The zero-order chi connectivity index (χ0) is 7.61. The summed E-state index contributed by atoms with van der Waals surface area (Å²) in [4.78, 5) is 10.1. The van der Waals surface area contributed by atoms with Crippen LogP contribution in [0.15, 0.2) is 0 Å². The molecule has 1 unspecified atom stereocenters. The first-order chi connectivity index (χ1) is 4.64. The first-order valence-corrected chi connectivity index (χ1v) is 3.81. The smallest absolute Gasteiger partial charge is 0.121 e. The number of rotatable bonds is 2. The highest BCUT2D eigenvalue weighted by Crippen LogP contribution is 2.27. The fraction of sp³-hybridized carbons (Fsp3) is 0.875. The number of nitrogens with one attached hydrogen (secondary N) is 1. The molecule has 1 aliphatic heterocycles. The minimum Gasteiger partial charge on any atom is -0.313 e. The van der Waals surface area contributed by atoms with Crippen molar-refractivity contribution in [3.8, 4) is 0 Å². The van der Waals surface area contributed by atoms with E-state index in [9.17, 15) is 4.79 Å². The molecule has 1 heterocycles. The molecule has 0 spiro atoms. The van der Waals surface area contributed by atoms with Crippen molar-refractivity contribution in [2.24, 2.45) is 5.41 Å². The van der Waals surface area contributed by atoms with Crippen LogP contribution in [0.2, 0.25) is 0 Å². The quantitative estimate of drug-likeness (QED) is 0.580. The van der Waals surface area contributed by atoms with Crippen LogP contribution in [0.1, 0.15) is 26.7 Å². The van der Waals surface area contributed by atoms with Gasteiger partial charge in [0.05, 0.1) is 0 Å². The van der Waals surface area contributed by atoms with Crippen LogP contribution in [-0.4, -0.2) is 18.9 Å². The molecule has 1 N–H and O–H groups in total. The van der Waals surface area contributed by atoms with E-state index in [0.717, 1.165) is 19.3 Å². The van der Waals surface area contributed by atoms with Crippen molar-refractivity contribution in [3.63, 3.8) is 0 Å². The largest absolute Gasteiger partial charge is 0.313 e. The maximum Gasteiger partial charge on any atom is 0.121 e. The third-order valence-corrected chi connectivity index (χ3v) is 2.05. The second-order valence-corrected chi connectivity index (χ2v) is 3.85. The van der Waals surface area contributed by atoms with Crippen LogP contribution in [0, 0.1) is 5.41 Å². The number of aldehydes is 1. The van der Waals surface area contributed by atoms with Crippen LogP contribution in [0.25, 0.3) is 0 Å². The second kappa shape index (κ2) is 2.70. The Morgan fingerprint density at radius 2 is 2.40 bits per heavy atom. The van der Waals surface area contributed by atoms with Gasteiger partial charge in [-0.15, -0.1) is 0 Å². The van der Waals surface area contributed by atoms with E-state index in [4.69, 9.17) is 0 Å². The third-order valence-electron chi connectivity index (χ3n) is 2.05. The highest BCUT2D eigenvalue weighted by atomic mass is 16.1. The highest BCUT2D eigenvalue weighted by Gasteiger charge is 2.29. The molecule has 1 atom stereocenters. The van der Waals surface area contributed by atoms with E-state index in [1.54, 1.807) is 0 Å². The summed E-state index contributed by atoms with van der Waals surface area (Å²) < 4.78 is 0. The molecular weight excluding hydrogens is 126 g/mol. The predicted octanol–water partition coefficient (Wildman–Crippen LogP) is 0.964. The van der Waals surface area contributed by atoms with Gasteiger partial charge in [-0.3, -0.25) is 0 Å². The van der Waals surface area contributed by atoms with Crippen LogP contribution >= 0.6 is 0 Å². The summed E-state index contributed by atoms with van der Waals surface area (Å²) in [6.07, 6.45) is 2.80. The van der Waals surface area contributed by atoms with E-state index in [1.165, 1.54) is 0 Å². The predicted molar refractivity (Wildman–Crippen MR) is 40.9 cm³/mol. The van der Waals surface area contributed by atoms with Crippen LogP contribution in [0.5, 0.6) is 0 Å². The normalized spacial score (nSPS) is 30.4. The molecule has 58 valence electrons. The van der Waals surface area contributed by atoms with Crippen molar-refractivity contribution in [2.75, 3.05) is 6.54 Å². The van der Waals surface area contributed by atoms with Gasteiger partial charge in [-0.05, 0) is 11.8 Å². The van der Waals surface area contributed by atoms with Crippen LogP contribution in [0.3, 0.4) is 0 Å². The Bertz CT molecular complexity index is 131. The van der Waals surface area contributed by atoms with Gasteiger partial charge >= 0.3 is 0 Å². The van der Waals surface area contributed by atoms with Gasteiger partial charge in [0.2, 0.25) is 0 Å². The zero-order valence-corrected chi connectivity index (χ0v) is 6.68. The van der Waals surface area contributed by atoms with Gasteiger partial charge in [0.1, 0.15) is 6.29 Å². The van der Waals surface area contributed by atoms with E-state index in [1.807, 2.05) is 0 Å². The maximum atomic E-state index is 10.1. The van der Waals surface area contributed by atoms with Crippen molar-refractivity contribution in [3.05, 3.63) is 0 Å². The van der Waals surface area contributed by atoms with Crippen molar-refractivity contribution < 1.29 is 4.79 Å². The summed E-state index contributed by atoms with van der Waals surface area (Å²) >= 11 is 0. The van der Waals surface area contributed by atoms with E-state index in [-0.39, 0.29) is 0 Å². The zero-order valence-electron chi connectivity index (χ0n) is 6.68. The van der Waals surface area contributed by atoms with Crippen molar-refractivity contribution in [2.45, 2.75) is 32.7 Å². The minimum atomic E-state index is 0.397. The number of hydrogen-bond donors (Lipinski definition) is 1. The van der Waals surface area contributed by atoms with Crippen molar-refractivity contribution in [1.82, 2.24) is 5.32 Å². The van der Waals surface area contributed by atoms with Gasteiger partial charge in [-0.25, -0.2) is 0 Å². The first kappa shape index (κ1) is 7.73. The molecule has 0 aromatic heterocycles. The molecule has 1 fully saturated rings. The number of carbonyl (C=O) groups excluding carboxylic acids is 1. The summed E-state index contributed by atoms with van der Waals surface area (Å²) in [5.41, 5.74) is 0.397. The molecule has 0 aromatic carbocycles. The molecule has 1 aliphatic rings. The lowest BCUT2D eigenvalue weighted by Crippen LogP contribution is -2.21. The molecule has 1 rings (SSSR count). The van der Waals surface area contributed by atoms with E-state index < -0.39 is 0 Å². The maximum absolute atomic E-state index is 10.1. The Hall–Kier alpha value is -0.370.